The van der Waals surface area contributed by atoms with Crippen LogP contribution in [0.25, 0.3) is 0 Å². The van der Waals surface area contributed by atoms with Gasteiger partial charge in [0.1, 0.15) is 12.4 Å². The smallest absolute Gasteiger partial charge is 0.133 e. The van der Waals surface area contributed by atoms with Gasteiger partial charge in [-0.15, -0.1) is 0 Å². The number of para-hydroxylation sites is 1. The molecule has 0 heterocycles. The van der Waals surface area contributed by atoms with Crippen LogP contribution in [0.1, 0.15) is 11.1 Å². The van der Waals surface area contributed by atoms with Gasteiger partial charge in [-0.3, -0.25) is 0 Å². The Hall–Kier alpha value is -1.25. The second-order valence-corrected chi connectivity index (χ2v) is 5.21. The predicted molar refractivity (Wildman–Crippen MR) is 79.7 cm³/mol. The first-order valence-electron chi connectivity index (χ1n) is 5.26. The van der Waals surface area contributed by atoms with Gasteiger partial charge in [0.05, 0.1) is 15.2 Å². The fourth-order valence-corrected chi connectivity index (χ4v) is 2.23. The summed E-state index contributed by atoms with van der Waals surface area (Å²) in [7, 11) is 0. The van der Waals surface area contributed by atoms with Crippen LogP contribution in [0.2, 0.25) is 5.02 Å². The highest BCUT2D eigenvalue weighted by atomic mass is 127. The van der Waals surface area contributed by atoms with Crippen LogP contribution < -0.4 is 4.74 Å². The summed E-state index contributed by atoms with van der Waals surface area (Å²) in [5.41, 5.74) is 1.42. The molecule has 2 rings (SSSR count). The Morgan fingerprint density at radius 1 is 1.22 bits per heavy atom. The van der Waals surface area contributed by atoms with E-state index in [9.17, 15) is 0 Å². The molecule has 0 radical (unpaired) electrons. The number of hydrogen-bond acceptors (Lipinski definition) is 2. The van der Waals surface area contributed by atoms with Crippen LogP contribution in [0.4, 0.5) is 0 Å². The highest BCUT2D eigenvalue weighted by molar-refractivity contribution is 14.1. The number of rotatable bonds is 3. The van der Waals surface area contributed by atoms with E-state index in [0.29, 0.717) is 17.2 Å². The Morgan fingerprint density at radius 2 is 2.00 bits per heavy atom. The van der Waals surface area contributed by atoms with Gasteiger partial charge >= 0.3 is 0 Å². The SMILES string of the molecule is N#Cc1ccc(COc2ccccc2I)c(Cl)c1. The molecular weight excluding hydrogens is 361 g/mol. The Kier molecular flexibility index (Phi) is 4.45. The van der Waals surface area contributed by atoms with Gasteiger partial charge < -0.3 is 4.74 Å². The van der Waals surface area contributed by atoms with Crippen molar-refractivity contribution in [1.82, 2.24) is 0 Å². The molecule has 90 valence electrons. The summed E-state index contributed by atoms with van der Waals surface area (Å²) >= 11 is 8.30. The fourth-order valence-electron chi connectivity index (χ4n) is 1.45. The van der Waals surface area contributed by atoms with Gasteiger partial charge in [0.25, 0.3) is 0 Å². The van der Waals surface area contributed by atoms with Crippen molar-refractivity contribution in [2.75, 3.05) is 0 Å². The monoisotopic (exact) mass is 369 g/mol. The van der Waals surface area contributed by atoms with Crippen LogP contribution in [0, 0.1) is 14.9 Å². The van der Waals surface area contributed by atoms with Crippen molar-refractivity contribution in [2.45, 2.75) is 6.61 Å². The molecule has 0 N–H and O–H groups in total. The van der Waals surface area contributed by atoms with Gasteiger partial charge in [-0.2, -0.15) is 5.26 Å². The lowest BCUT2D eigenvalue weighted by molar-refractivity contribution is 0.304. The van der Waals surface area contributed by atoms with E-state index in [2.05, 4.69) is 28.7 Å². The summed E-state index contributed by atoms with van der Waals surface area (Å²) in [6, 6.07) is 15.0. The number of hydrogen-bond donors (Lipinski definition) is 0. The minimum absolute atomic E-state index is 0.393. The zero-order chi connectivity index (χ0) is 13.0. The molecule has 0 bridgehead atoms. The third-order valence-electron chi connectivity index (χ3n) is 2.40. The van der Waals surface area contributed by atoms with Gasteiger partial charge in [-0.25, -0.2) is 0 Å². The summed E-state index contributed by atoms with van der Waals surface area (Å²) < 4.78 is 6.76. The molecule has 0 aliphatic rings. The van der Waals surface area contributed by atoms with Crippen LogP contribution in [-0.4, -0.2) is 0 Å². The zero-order valence-corrected chi connectivity index (χ0v) is 12.3. The lowest BCUT2D eigenvalue weighted by Crippen LogP contribution is -1.98. The summed E-state index contributed by atoms with van der Waals surface area (Å²) in [5.74, 6) is 0.832. The number of ether oxygens (including phenoxy) is 1. The van der Waals surface area contributed by atoms with Crippen molar-refractivity contribution in [3.8, 4) is 11.8 Å². The van der Waals surface area contributed by atoms with Gasteiger partial charge in [0.15, 0.2) is 0 Å². The minimum Gasteiger partial charge on any atom is -0.488 e. The summed E-state index contributed by atoms with van der Waals surface area (Å²) in [4.78, 5) is 0. The maximum Gasteiger partial charge on any atom is 0.133 e. The largest absolute Gasteiger partial charge is 0.488 e. The van der Waals surface area contributed by atoms with E-state index >= 15 is 0 Å². The first-order chi connectivity index (χ1) is 8.70. The highest BCUT2D eigenvalue weighted by Gasteiger charge is 2.04. The van der Waals surface area contributed by atoms with Crippen molar-refractivity contribution in [3.05, 3.63) is 62.2 Å². The summed E-state index contributed by atoms with van der Waals surface area (Å²) in [6.07, 6.45) is 0. The van der Waals surface area contributed by atoms with E-state index in [1.165, 1.54) is 0 Å². The zero-order valence-electron chi connectivity index (χ0n) is 9.36. The first-order valence-corrected chi connectivity index (χ1v) is 6.72. The van der Waals surface area contributed by atoms with Gasteiger partial charge in [-0.1, -0.05) is 29.8 Å². The predicted octanol–water partition coefficient (Wildman–Crippen LogP) is 4.40. The molecule has 2 aromatic rings. The normalized spacial score (nSPS) is 9.83. The summed E-state index contributed by atoms with van der Waals surface area (Å²) in [6.45, 7) is 0.393. The average Bonchev–Trinajstić information content (AvgIpc) is 2.39. The topological polar surface area (TPSA) is 33.0 Å². The third-order valence-corrected chi connectivity index (χ3v) is 3.65. The van der Waals surface area contributed by atoms with Gasteiger partial charge in [0, 0.05) is 10.6 Å². The molecule has 0 amide bonds. The molecule has 0 fully saturated rings. The molecule has 0 aromatic heterocycles. The van der Waals surface area contributed by atoms with Crippen molar-refractivity contribution in [3.63, 3.8) is 0 Å². The minimum atomic E-state index is 0.393. The van der Waals surface area contributed by atoms with Gasteiger partial charge in [0.2, 0.25) is 0 Å². The Morgan fingerprint density at radius 3 is 2.67 bits per heavy atom. The third kappa shape index (κ3) is 3.15. The van der Waals surface area contributed by atoms with Crippen molar-refractivity contribution >= 4 is 34.2 Å². The van der Waals surface area contributed by atoms with Crippen LogP contribution in [0.15, 0.2) is 42.5 Å². The lowest BCUT2D eigenvalue weighted by Gasteiger charge is -2.09. The molecule has 0 spiro atoms. The number of halogens is 2. The van der Waals surface area contributed by atoms with Crippen molar-refractivity contribution in [2.24, 2.45) is 0 Å². The Bertz CT molecular complexity index is 607. The maximum absolute atomic E-state index is 8.76. The van der Waals surface area contributed by atoms with Crippen LogP contribution in [0.3, 0.4) is 0 Å². The molecule has 0 saturated carbocycles. The van der Waals surface area contributed by atoms with E-state index in [1.807, 2.05) is 30.3 Å². The average molecular weight is 370 g/mol. The van der Waals surface area contributed by atoms with E-state index in [4.69, 9.17) is 21.6 Å². The number of benzene rings is 2. The Labute approximate surface area is 124 Å². The van der Waals surface area contributed by atoms with E-state index in [0.717, 1.165) is 14.9 Å². The van der Waals surface area contributed by atoms with Crippen molar-refractivity contribution in [1.29, 1.82) is 5.26 Å². The molecule has 0 aliphatic carbocycles. The second-order valence-electron chi connectivity index (χ2n) is 3.64. The Balaban J connectivity index is 2.12. The van der Waals surface area contributed by atoms with Crippen LogP contribution in [-0.2, 0) is 6.61 Å². The summed E-state index contributed by atoms with van der Waals surface area (Å²) in [5, 5.41) is 9.31. The van der Waals surface area contributed by atoms with Gasteiger partial charge in [-0.05, 0) is 46.9 Å². The lowest BCUT2D eigenvalue weighted by atomic mass is 10.1. The first kappa shape index (κ1) is 13.2. The maximum atomic E-state index is 8.76. The molecule has 2 aromatic carbocycles. The van der Waals surface area contributed by atoms with E-state index in [1.54, 1.807) is 12.1 Å². The second kappa shape index (κ2) is 6.07. The van der Waals surface area contributed by atoms with E-state index in [-0.39, 0.29) is 0 Å². The molecule has 2 nitrogen and oxygen atoms in total. The quantitative estimate of drug-likeness (QED) is 0.752. The molecule has 0 aliphatic heterocycles. The molecule has 0 atom stereocenters. The van der Waals surface area contributed by atoms with Crippen LogP contribution >= 0.6 is 34.2 Å². The molecular formula is C14H9ClINO. The number of nitriles is 1. The molecule has 4 heteroatoms. The molecule has 0 unspecified atom stereocenters. The van der Waals surface area contributed by atoms with Crippen LogP contribution in [0.5, 0.6) is 5.75 Å². The highest BCUT2D eigenvalue weighted by Crippen LogP contribution is 2.23. The molecule has 18 heavy (non-hydrogen) atoms. The fraction of sp³-hybridized carbons (Fsp3) is 0.0714. The molecule has 0 saturated heterocycles. The van der Waals surface area contributed by atoms with Crippen molar-refractivity contribution < 1.29 is 4.74 Å². The van der Waals surface area contributed by atoms with E-state index < -0.39 is 0 Å². The number of nitrogens with zero attached hydrogens (tertiary/aromatic N) is 1. The standard InChI is InChI=1S/C14H9ClINO/c15-12-7-10(8-17)5-6-11(12)9-18-14-4-2-1-3-13(14)16/h1-7H,9H2.